The standard InChI is InChI=1S/C12H25N3.2ClH/c1-2-14(11-12-3-4-12)9-10-15-7-5-13-6-8-15;;/h12-13H,2-11H2,1H3;2*1H. The van der Waals surface area contributed by atoms with Crippen molar-refractivity contribution in [1.82, 2.24) is 15.1 Å². The Morgan fingerprint density at radius 1 is 1.18 bits per heavy atom. The molecule has 0 aromatic rings. The number of hydrogen-bond acceptors (Lipinski definition) is 3. The quantitative estimate of drug-likeness (QED) is 0.797. The topological polar surface area (TPSA) is 18.5 Å². The van der Waals surface area contributed by atoms with E-state index in [2.05, 4.69) is 22.0 Å². The maximum Gasteiger partial charge on any atom is 0.0110 e. The zero-order valence-corrected chi connectivity index (χ0v) is 12.5. The summed E-state index contributed by atoms with van der Waals surface area (Å²) < 4.78 is 0. The number of piperazine rings is 1. The lowest BCUT2D eigenvalue weighted by atomic mass is 10.3. The third-order valence-corrected chi connectivity index (χ3v) is 3.60. The maximum absolute atomic E-state index is 3.40. The Morgan fingerprint density at radius 3 is 2.35 bits per heavy atom. The Bertz CT molecular complexity index is 183. The average molecular weight is 284 g/mol. The summed E-state index contributed by atoms with van der Waals surface area (Å²) in [5, 5.41) is 3.40. The highest BCUT2D eigenvalue weighted by Crippen LogP contribution is 2.29. The first-order chi connectivity index (χ1) is 7.38. The molecule has 2 fully saturated rings. The summed E-state index contributed by atoms with van der Waals surface area (Å²) in [5.41, 5.74) is 0. The van der Waals surface area contributed by atoms with Gasteiger partial charge in [-0.25, -0.2) is 0 Å². The molecule has 5 heteroatoms. The molecule has 1 heterocycles. The fraction of sp³-hybridized carbons (Fsp3) is 1.00. The molecule has 1 saturated heterocycles. The Hall–Kier alpha value is 0.460. The highest BCUT2D eigenvalue weighted by Gasteiger charge is 2.23. The van der Waals surface area contributed by atoms with Crippen molar-refractivity contribution in [3.8, 4) is 0 Å². The van der Waals surface area contributed by atoms with Crippen molar-refractivity contribution in [2.24, 2.45) is 5.92 Å². The summed E-state index contributed by atoms with van der Waals surface area (Å²) in [6, 6.07) is 0. The second kappa shape index (κ2) is 9.40. The van der Waals surface area contributed by atoms with E-state index in [0.717, 1.165) is 5.92 Å². The van der Waals surface area contributed by atoms with Crippen molar-refractivity contribution < 1.29 is 0 Å². The first-order valence-corrected chi connectivity index (χ1v) is 6.54. The SMILES string of the molecule is CCN(CCN1CCNCC1)CC1CC1.Cl.Cl. The normalized spacial score (nSPS) is 20.8. The van der Waals surface area contributed by atoms with Gasteiger partial charge in [0.25, 0.3) is 0 Å². The van der Waals surface area contributed by atoms with Gasteiger partial charge in [0.15, 0.2) is 0 Å². The van der Waals surface area contributed by atoms with Gasteiger partial charge in [-0.3, -0.25) is 4.90 Å². The average Bonchev–Trinajstić information content (AvgIpc) is 3.09. The number of rotatable bonds is 6. The molecule has 3 nitrogen and oxygen atoms in total. The van der Waals surface area contributed by atoms with Crippen LogP contribution in [0, 0.1) is 5.92 Å². The first kappa shape index (κ1) is 17.5. The van der Waals surface area contributed by atoms with Gasteiger partial charge in [-0.2, -0.15) is 0 Å². The van der Waals surface area contributed by atoms with E-state index in [0.29, 0.717) is 0 Å². The molecule has 0 spiro atoms. The van der Waals surface area contributed by atoms with Crippen molar-refractivity contribution >= 4 is 24.8 Å². The van der Waals surface area contributed by atoms with E-state index in [4.69, 9.17) is 0 Å². The highest BCUT2D eigenvalue weighted by molar-refractivity contribution is 5.85. The number of likely N-dealkylation sites (N-methyl/N-ethyl adjacent to an activating group) is 1. The van der Waals surface area contributed by atoms with Gasteiger partial charge < -0.3 is 10.2 Å². The van der Waals surface area contributed by atoms with E-state index in [-0.39, 0.29) is 24.8 Å². The number of hydrogen-bond donors (Lipinski definition) is 1. The van der Waals surface area contributed by atoms with Gasteiger partial charge in [0.1, 0.15) is 0 Å². The molecule has 1 N–H and O–H groups in total. The van der Waals surface area contributed by atoms with E-state index in [1.807, 2.05) is 0 Å². The van der Waals surface area contributed by atoms with Crippen LogP contribution in [0.3, 0.4) is 0 Å². The maximum atomic E-state index is 3.40. The zero-order valence-electron chi connectivity index (χ0n) is 10.9. The third-order valence-electron chi connectivity index (χ3n) is 3.60. The molecule has 0 radical (unpaired) electrons. The highest BCUT2D eigenvalue weighted by atomic mass is 35.5. The summed E-state index contributed by atoms with van der Waals surface area (Å²) >= 11 is 0. The largest absolute Gasteiger partial charge is 0.314 e. The lowest BCUT2D eigenvalue weighted by Crippen LogP contribution is -2.46. The van der Waals surface area contributed by atoms with Crippen molar-refractivity contribution in [3.05, 3.63) is 0 Å². The molecular weight excluding hydrogens is 257 g/mol. The molecule has 17 heavy (non-hydrogen) atoms. The van der Waals surface area contributed by atoms with Gasteiger partial charge in [-0.05, 0) is 25.3 Å². The Kier molecular flexibility index (Phi) is 9.65. The lowest BCUT2D eigenvalue weighted by molar-refractivity contribution is 0.189. The Morgan fingerprint density at radius 2 is 1.82 bits per heavy atom. The minimum Gasteiger partial charge on any atom is -0.314 e. The second-order valence-corrected chi connectivity index (χ2v) is 4.93. The summed E-state index contributed by atoms with van der Waals surface area (Å²) in [6.07, 6.45) is 2.95. The molecule has 2 aliphatic rings. The molecule has 2 rings (SSSR count). The van der Waals surface area contributed by atoms with Gasteiger partial charge in [0.05, 0.1) is 0 Å². The van der Waals surface area contributed by atoms with E-state index in [1.54, 1.807) is 0 Å². The molecule has 0 aromatic carbocycles. The van der Waals surface area contributed by atoms with E-state index in [9.17, 15) is 0 Å². The number of halogens is 2. The van der Waals surface area contributed by atoms with Crippen molar-refractivity contribution in [2.45, 2.75) is 19.8 Å². The van der Waals surface area contributed by atoms with E-state index in [1.165, 1.54) is 65.2 Å². The van der Waals surface area contributed by atoms with Gasteiger partial charge in [-0.15, -0.1) is 24.8 Å². The molecule has 0 unspecified atom stereocenters. The summed E-state index contributed by atoms with van der Waals surface area (Å²) in [7, 11) is 0. The third kappa shape index (κ3) is 6.82. The Balaban J connectivity index is 0.00000128. The zero-order chi connectivity index (χ0) is 10.5. The van der Waals surface area contributed by atoms with E-state index < -0.39 is 0 Å². The van der Waals surface area contributed by atoms with Crippen molar-refractivity contribution in [3.63, 3.8) is 0 Å². The van der Waals surface area contributed by atoms with Crippen LogP contribution in [0.15, 0.2) is 0 Å². The molecule has 0 amide bonds. The van der Waals surface area contributed by atoms with Crippen LogP contribution in [-0.2, 0) is 0 Å². The summed E-state index contributed by atoms with van der Waals surface area (Å²) in [6.45, 7) is 12.2. The van der Waals surface area contributed by atoms with Crippen LogP contribution in [0.5, 0.6) is 0 Å². The molecule has 0 bridgehead atoms. The van der Waals surface area contributed by atoms with Crippen LogP contribution in [-0.4, -0.2) is 62.2 Å². The molecule has 1 saturated carbocycles. The molecule has 1 aliphatic carbocycles. The van der Waals surface area contributed by atoms with Crippen LogP contribution < -0.4 is 5.32 Å². The van der Waals surface area contributed by atoms with Gasteiger partial charge in [-0.1, -0.05) is 6.92 Å². The first-order valence-electron chi connectivity index (χ1n) is 6.54. The predicted octanol–water partition coefficient (Wildman–Crippen LogP) is 1.47. The summed E-state index contributed by atoms with van der Waals surface area (Å²) in [4.78, 5) is 5.21. The molecule has 104 valence electrons. The number of nitrogens with one attached hydrogen (secondary N) is 1. The molecule has 0 aromatic heterocycles. The predicted molar refractivity (Wildman–Crippen MR) is 78.6 cm³/mol. The Labute approximate surface area is 118 Å². The van der Waals surface area contributed by atoms with Crippen LogP contribution in [0.4, 0.5) is 0 Å². The van der Waals surface area contributed by atoms with Gasteiger partial charge >= 0.3 is 0 Å². The molecule has 0 atom stereocenters. The monoisotopic (exact) mass is 283 g/mol. The van der Waals surface area contributed by atoms with Crippen molar-refractivity contribution in [1.29, 1.82) is 0 Å². The van der Waals surface area contributed by atoms with Crippen LogP contribution >= 0.6 is 24.8 Å². The van der Waals surface area contributed by atoms with Crippen molar-refractivity contribution in [2.75, 3.05) is 52.4 Å². The second-order valence-electron chi connectivity index (χ2n) is 4.93. The van der Waals surface area contributed by atoms with E-state index >= 15 is 0 Å². The van der Waals surface area contributed by atoms with Gasteiger partial charge in [0, 0.05) is 45.8 Å². The van der Waals surface area contributed by atoms with Gasteiger partial charge in [0.2, 0.25) is 0 Å². The molecule has 1 aliphatic heterocycles. The minimum atomic E-state index is 0. The molecular formula is C12H27Cl2N3. The fourth-order valence-electron chi connectivity index (χ4n) is 2.26. The van der Waals surface area contributed by atoms with Crippen LogP contribution in [0.2, 0.25) is 0 Å². The van der Waals surface area contributed by atoms with Crippen LogP contribution in [0.1, 0.15) is 19.8 Å². The summed E-state index contributed by atoms with van der Waals surface area (Å²) in [5.74, 6) is 1.04. The number of nitrogens with zero attached hydrogens (tertiary/aromatic N) is 2. The minimum absolute atomic E-state index is 0. The fourth-order valence-corrected chi connectivity index (χ4v) is 2.26. The van der Waals surface area contributed by atoms with Crippen LogP contribution in [0.25, 0.3) is 0 Å². The smallest absolute Gasteiger partial charge is 0.0110 e. The lowest BCUT2D eigenvalue weighted by Gasteiger charge is -2.30.